The SMILES string of the molecule is CCCNC1CCCC1CN1CCCN(C)CC1C. The van der Waals surface area contributed by atoms with E-state index in [2.05, 4.69) is 36.0 Å². The predicted octanol–water partition coefficient (Wildman–Crippen LogP) is 2.18. The average molecular weight is 267 g/mol. The summed E-state index contributed by atoms with van der Waals surface area (Å²) in [6, 6.07) is 1.51. The van der Waals surface area contributed by atoms with Crippen LogP contribution in [0, 0.1) is 5.92 Å². The summed E-state index contributed by atoms with van der Waals surface area (Å²) in [5.74, 6) is 0.886. The molecule has 1 saturated carbocycles. The maximum atomic E-state index is 3.77. The normalized spacial score (nSPS) is 34.6. The molecule has 3 atom stereocenters. The zero-order valence-electron chi connectivity index (χ0n) is 13.2. The van der Waals surface area contributed by atoms with Gasteiger partial charge in [-0.05, 0) is 65.2 Å². The second-order valence-electron chi connectivity index (χ2n) is 6.71. The Bertz CT molecular complexity index is 256. The fourth-order valence-electron chi connectivity index (χ4n) is 3.85. The summed E-state index contributed by atoms with van der Waals surface area (Å²) in [6.45, 7) is 11.0. The fraction of sp³-hybridized carbons (Fsp3) is 1.00. The van der Waals surface area contributed by atoms with E-state index in [0.717, 1.165) is 18.0 Å². The molecule has 0 aromatic carbocycles. The Labute approximate surface area is 119 Å². The van der Waals surface area contributed by atoms with Crippen molar-refractivity contribution in [2.75, 3.05) is 39.8 Å². The van der Waals surface area contributed by atoms with Gasteiger partial charge in [-0.2, -0.15) is 0 Å². The van der Waals surface area contributed by atoms with Gasteiger partial charge in [-0.1, -0.05) is 13.3 Å². The molecule has 1 saturated heterocycles. The minimum Gasteiger partial charge on any atom is -0.314 e. The summed E-state index contributed by atoms with van der Waals surface area (Å²) in [7, 11) is 2.27. The highest BCUT2D eigenvalue weighted by molar-refractivity contribution is 4.87. The molecule has 2 aliphatic rings. The van der Waals surface area contributed by atoms with Crippen LogP contribution < -0.4 is 5.32 Å². The molecule has 1 heterocycles. The van der Waals surface area contributed by atoms with Crippen molar-refractivity contribution in [1.29, 1.82) is 0 Å². The maximum Gasteiger partial charge on any atom is 0.0194 e. The molecule has 0 aromatic heterocycles. The van der Waals surface area contributed by atoms with Crippen molar-refractivity contribution >= 4 is 0 Å². The molecule has 2 rings (SSSR count). The summed E-state index contributed by atoms with van der Waals surface area (Å²) in [5, 5.41) is 3.77. The largest absolute Gasteiger partial charge is 0.314 e. The van der Waals surface area contributed by atoms with E-state index in [4.69, 9.17) is 0 Å². The van der Waals surface area contributed by atoms with Gasteiger partial charge in [0, 0.05) is 25.2 Å². The number of hydrogen-bond acceptors (Lipinski definition) is 3. The van der Waals surface area contributed by atoms with Crippen molar-refractivity contribution in [3.05, 3.63) is 0 Å². The highest BCUT2D eigenvalue weighted by Gasteiger charge is 2.30. The second-order valence-corrected chi connectivity index (χ2v) is 6.71. The van der Waals surface area contributed by atoms with Crippen molar-refractivity contribution in [3.63, 3.8) is 0 Å². The van der Waals surface area contributed by atoms with E-state index in [1.54, 1.807) is 0 Å². The lowest BCUT2D eigenvalue weighted by Crippen LogP contribution is -2.44. The van der Waals surface area contributed by atoms with E-state index in [0.29, 0.717) is 0 Å². The van der Waals surface area contributed by atoms with Crippen LogP contribution in [-0.2, 0) is 0 Å². The molecule has 3 nitrogen and oxygen atoms in total. The van der Waals surface area contributed by atoms with E-state index in [9.17, 15) is 0 Å². The smallest absolute Gasteiger partial charge is 0.0194 e. The Morgan fingerprint density at radius 2 is 2.00 bits per heavy atom. The molecule has 0 spiro atoms. The third-order valence-electron chi connectivity index (χ3n) is 4.97. The highest BCUT2D eigenvalue weighted by atomic mass is 15.2. The van der Waals surface area contributed by atoms with E-state index >= 15 is 0 Å². The Morgan fingerprint density at radius 1 is 1.16 bits per heavy atom. The third-order valence-corrected chi connectivity index (χ3v) is 4.97. The first-order chi connectivity index (χ1) is 9.20. The maximum absolute atomic E-state index is 3.77. The van der Waals surface area contributed by atoms with Crippen LogP contribution in [0.15, 0.2) is 0 Å². The lowest BCUT2D eigenvalue weighted by Gasteiger charge is -2.32. The summed E-state index contributed by atoms with van der Waals surface area (Å²) in [6.07, 6.45) is 6.84. The van der Waals surface area contributed by atoms with E-state index < -0.39 is 0 Å². The van der Waals surface area contributed by atoms with Crippen LogP contribution in [0.4, 0.5) is 0 Å². The van der Waals surface area contributed by atoms with E-state index in [1.807, 2.05) is 0 Å². The molecule has 19 heavy (non-hydrogen) atoms. The van der Waals surface area contributed by atoms with Gasteiger partial charge in [-0.3, -0.25) is 4.90 Å². The van der Waals surface area contributed by atoms with Crippen molar-refractivity contribution in [3.8, 4) is 0 Å². The topological polar surface area (TPSA) is 18.5 Å². The van der Waals surface area contributed by atoms with Crippen molar-refractivity contribution in [2.45, 2.75) is 58.0 Å². The zero-order chi connectivity index (χ0) is 13.7. The van der Waals surface area contributed by atoms with Gasteiger partial charge in [0.2, 0.25) is 0 Å². The molecular formula is C16H33N3. The molecule has 1 N–H and O–H groups in total. The number of likely N-dealkylation sites (N-methyl/N-ethyl adjacent to an activating group) is 1. The van der Waals surface area contributed by atoms with E-state index in [-0.39, 0.29) is 0 Å². The van der Waals surface area contributed by atoms with Crippen molar-refractivity contribution < 1.29 is 0 Å². The van der Waals surface area contributed by atoms with Gasteiger partial charge in [0.25, 0.3) is 0 Å². The second kappa shape index (κ2) is 7.61. The van der Waals surface area contributed by atoms with Gasteiger partial charge in [0.1, 0.15) is 0 Å². The van der Waals surface area contributed by atoms with Crippen molar-refractivity contribution in [1.82, 2.24) is 15.1 Å². The lowest BCUT2D eigenvalue weighted by atomic mass is 10.0. The standard InChI is InChI=1S/C16H33N3/c1-4-9-17-16-8-5-7-15(16)13-19-11-6-10-18(3)12-14(19)2/h14-17H,4-13H2,1-3H3. The minimum absolute atomic E-state index is 0.722. The molecule has 1 aliphatic heterocycles. The Hall–Kier alpha value is -0.120. The highest BCUT2D eigenvalue weighted by Crippen LogP contribution is 2.27. The summed E-state index contributed by atoms with van der Waals surface area (Å²) < 4.78 is 0. The molecular weight excluding hydrogens is 234 g/mol. The van der Waals surface area contributed by atoms with E-state index in [1.165, 1.54) is 64.8 Å². The van der Waals surface area contributed by atoms with Crippen LogP contribution in [-0.4, -0.2) is 61.7 Å². The van der Waals surface area contributed by atoms with Gasteiger partial charge in [-0.15, -0.1) is 0 Å². The van der Waals surface area contributed by atoms with Crippen molar-refractivity contribution in [2.24, 2.45) is 5.92 Å². The first-order valence-electron chi connectivity index (χ1n) is 8.36. The Kier molecular flexibility index (Phi) is 6.11. The summed E-state index contributed by atoms with van der Waals surface area (Å²) in [5.41, 5.74) is 0. The molecule has 1 aliphatic carbocycles. The minimum atomic E-state index is 0.722. The summed E-state index contributed by atoms with van der Waals surface area (Å²) >= 11 is 0. The van der Waals surface area contributed by atoms with Gasteiger partial charge >= 0.3 is 0 Å². The van der Waals surface area contributed by atoms with Gasteiger partial charge in [0.15, 0.2) is 0 Å². The van der Waals surface area contributed by atoms with Gasteiger partial charge in [0.05, 0.1) is 0 Å². The Morgan fingerprint density at radius 3 is 2.79 bits per heavy atom. The molecule has 0 bridgehead atoms. The molecule has 0 aromatic rings. The zero-order valence-corrected chi connectivity index (χ0v) is 13.2. The van der Waals surface area contributed by atoms with Gasteiger partial charge in [-0.25, -0.2) is 0 Å². The van der Waals surface area contributed by atoms with Crippen LogP contribution in [0.3, 0.4) is 0 Å². The Balaban J connectivity index is 1.84. The molecule has 2 fully saturated rings. The molecule has 0 radical (unpaired) electrons. The average Bonchev–Trinajstić information content (AvgIpc) is 2.75. The molecule has 0 amide bonds. The summed E-state index contributed by atoms with van der Waals surface area (Å²) in [4.78, 5) is 5.24. The van der Waals surface area contributed by atoms with Crippen LogP contribution in [0.5, 0.6) is 0 Å². The van der Waals surface area contributed by atoms with Gasteiger partial charge < -0.3 is 10.2 Å². The molecule has 112 valence electrons. The molecule has 3 unspecified atom stereocenters. The monoisotopic (exact) mass is 267 g/mol. The number of hydrogen-bond donors (Lipinski definition) is 1. The first-order valence-corrected chi connectivity index (χ1v) is 8.36. The van der Waals surface area contributed by atoms with Crippen LogP contribution >= 0.6 is 0 Å². The first kappa shape index (κ1) is 15.3. The number of nitrogens with one attached hydrogen (secondary N) is 1. The number of nitrogens with zero attached hydrogens (tertiary/aromatic N) is 2. The number of rotatable bonds is 5. The van der Waals surface area contributed by atoms with Crippen LogP contribution in [0.25, 0.3) is 0 Å². The molecule has 3 heteroatoms. The quantitative estimate of drug-likeness (QED) is 0.824. The fourth-order valence-corrected chi connectivity index (χ4v) is 3.85. The predicted molar refractivity (Wildman–Crippen MR) is 82.6 cm³/mol. The third kappa shape index (κ3) is 4.44. The van der Waals surface area contributed by atoms with Crippen LogP contribution in [0.1, 0.15) is 46.0 Å². The lowest BCUT2D eigenvalue weighted by molar-refractivity contribution is 0.164. The van der Waals surface area contributed by atoms with Crippen LogP contribution in [0.2, 0.25) is 0 Å².